The molecule has 0 rings (SSSR count). The van der Waals surface area contributed by atoms with Crippen molar-refractivity contribution in [2.45, 2.75) is 13.2 Å². The van der Waals surface area contributed by atoms with Gasteiger partial charge >= 0.3 is 5.97 Å². The molecule has 0 aliphatic heterocycles. The second-order valence-corrected chi connectivity index (χ2v) is 2.51. The number of hydrogen-bond donors (Lipinski definition) is 3. The van der Waals surface area contributed by atoms with Crippen LogP contribution >= 0.6 is 12.9 Å². The van der Waals surface area contributed by atoms with Gasteiger partial charge in [0.1, 0.15) is 0 Å². The SMILES string of the molecule is C=CC(=O)OS.CCOC(O)COCCO. The highest BCUT2D eigenvalue weighted by Crippen LogP contribution is 1.86. The third-order valence-electron chi connectivity index (χ3n) is 1.11. The van der Waals surface area contributed by atoms with Crippen molar-refractivity contribution in [3.63, 3.8) is 0 Å². The number of rotatable bonds is 7. The molecule has 0 aromatic rings. The lowest BCUT2D eigenvalue weighted by atomic mass is 10.6. The largest absolute Gasteiger partial charge is 0.394 e. The van der Waals surface area contributed by atoms with Gasteiger partial charge in [-0.15, -0.1) is 0 Å². The minimum Gasteiger partial charge on any atom is -0.394 e. The van der Waals surface area contributed by atoms with Gasteiger partial charge in [-0.1, -0.05) is 6.58 Å². The van der Waals surface area contributed by atoms with E-state index in [4.69, 9.17) is 19.7 Å². The van der Waals surface area contributed by atoms with E-state index >= 15 is 0 Å². The molecule has 0 saturated heterocycles. The Morgan fingerprint density at radius 3 is 2.56 bits per heavy atom. The summed E-state index contributed by atoms with van der Waals surface area (Å²) in [6.07, 6.45) is 0.170. The first-order valence-electron chi connectivity index (χ1n) is 4.58. The lowest BCUT2D eigenvalue weighted by molar-refractivity contribution is -0.136. The van der Waals surface area contributed by atoms with Gasteiger partial charge in [0.05, 0.1) is 19.8 Å². The maximum atomic E-state index is 9.76. The molecular weight excluding hydrogens is 236 g/mol. The monoisotopic (exact) mass is 254 g/mol. The van der Waals surface area contributed by atoms with Crippen LogP contribution in [0.25, 0.3) is 0 Å². The Hall–Kier alpha value is -0.600. The number of aliphatic hydroxyl groups is 2. The molecule has 16 heavy (non-hydrogen) atoms. The summed E-state index contributed by atoms with van der Waals surface area (Å²) in [5, 5.41) is 17.1. The molecule has 0 fully saturated rings. The van der Waals surface area contributed by atoms with Crippen molar-refractivity contribution < 1.29 is 28.7 Å². The quantitative estimate of drug-likeness (QED) is 0.194. The molecule has 96 valence electrons. The average molecular weight is 254 g/mol. The van der Waals surface area contributed by atoms with E-state index in [2.05, 4.69) is 23.7 Å². The molecule has 6 nitrogen and oxygen atoms in total. The van der Waals surface area contributed by atoms with Gasteiger partial charge in [-0.25, -0.2) is 4.79 Å². The fourth-order valence-corrected chi connectivity index (χ4v) is 0.601. The van der Waals surface area contributed by atoms with Crippen LogP contribution < -0.4 is 0 Å². The van der Waals surface area contributed by atoms with Gasteiger partial charge in [-0.3, -0.25) is 0 Å². The Bertz CT molecular complexity index is 175. The third kappa shape index (κ3) is 15.9. The van der Waals surface area contributed by atoms with E-state index in [1.807, 2.05) is 0 Å². The van der Waals surface area contributed by atoms with E-state index in [9.17, 15) is 4.79 Å². The molecule has 0 spiro atoms. The summed E-state index contributed by atoms with van der Waals surface area (Å²) in [7, 11) is 0. The fourth-order valence-electron chi connectivity index (χ4n) is 0.526. The highest BCUT2D eigenvalue weighted by Gasteiger charge is 2.00. The standard InChI is InChI=1S/C6H14O4.C3H4O2S/c1-2-10-6(8)5-9-4-3-7;1-2-3(4)5-6/h6-8H,2-5H2,1H3;2,6H,1H2. The number of ether oxygens (including phenoxy) is 2. The van der Waals surface area contributed by atoms with E-state index in [1.165, 1.54) is 0 Å². The first-order chi connectivity index (χ1) is 7.62. The van der Waals surface area contributed by atoms with Crippen molar-refractivity contribution >= 4 is 18.9 Å². The number of aliphatic hydroxyl groups excluding tert-OH is 2. The van der Waals surface area contributed by atoms with Crippen LogP contribution in [0.1, 0.15) is 6.92 Å². The highest BCUT2D eigenvalue weighted by molar-refractivity contribution is 7.75. The van der Waals surface area contributed by atoms with Crippen molar-refractivity contribution in [3.05, 3.63) is 12.7 Å². The van der Waals surface area contributed by atoms with E-state index in [0.29, 0.717) is 6.61 Å². The summed E-state index contributed by atoms with van der Waals surface area (Å²) < 4.78 is 13.3. The summed E-state index contributed by atoms with van der Waals surface area (Å²) in [5.74, 6) is -0.529. The van der Waals surface area contributed by atoms with Crippen LogP contribution in [-0.2, 0) is 18.5 Å². The van der Waals surface area contributed by atoms with Gasteiger partial charge in [0.2, 0.25) is 0 Å². The lowest BCUT2D eigenvalue weighted by Gasteiger charge is -2.09. The van der Waals surface area contributed by atoms with Crippen LogP contribution in [0.4, 0.5) is 0 Å². The molecule has 0 saturated carbocycles. The maximum absolute atomic E-state index is 9.76. The molecule has 0 heterocycles. The summed E-state index contributed by atoms with van der Waals surface area (Å²) >= 11 is 3.17. The third-order valence-corrected chi connectivity index (χ3v) is 1.29. The van der Waals surface area contributed by atoms with Crippen LogP contribution in [0.2, 0.25) is 0 Å². The molecular formula is C9H18O6S. The molecule has 7 heteroatoms. The van der Waals surface area contributed by atoms with Gasteiger partial charge in [0, 0.05) is 25.6 Å². The first kappa shape index (κ1) is 17.8. The summed E-state index contributed by atoms with van der Waals surface area (Å²) in [4.78, 5) is 9.76. The maximum Gasteiger partial charge on any atom is 0.341 e. The smallest absolute Gasteiger partial charge is 0.341 e. The van der Waals surface area contributed by atoms with Crippen LogP contribution in [0.3, 0.4) is 0 Å². The van der Waals surface area contributed by atoms with E-state index in [-0.39, 0.29) is 19.8 Å². The second-order valence-electron chi connectivity index (χ2n) is 2.32. The molecule has 0 aliphatic carbocycles. The Balaban J connectivity index is 0. The zero-order valence-corrected chi connectivity index (χ0v) is 10.1. The van der Waals surface area contributed by atoms with E-state index in [0.717, 1.165) is 6.08 Å². The number of thiol groups is 1. The Labute approximate surface area is 100 Å². The second kappa shape index (κ2) is 14.4. The molecule has 1 atom stereocenters. The van der Waals surface area contributed by atoms with Gasteiger partial charge < -0.3 is 23.9 Å². The highest BCUT2D eigenvalue weighted by atomic mass is 32.1. The molecule has 0 bridgehead atoms. The molecule has 0 aliphatic rings. The number of carbonyl (C=O) groups excluding carboxylic acids is 1. The molecule has 0 amide bonds. The molecule has 0 aromatic heterocycles. The number of carbonyl (C=O) groups is 1. The summed E-state index contributed by atoms with van der Waals surface area (Å²) in [6, 6.07) is 0. The lowest BCUT2D eigenvalue weighted by Crippen LogP contribution is -2.19. The van der Waals surface area contributed by atoms with Crippen LogP contribution in [0, 0.1) is 0 Å². The number of hydrogen-bond acceptors (Lipinski definition) is 7. The van der Waals surface area contributed by atoms with Crippen molar-refractivity contribution in [2.75, 3.05) is 26.4 Å². The molecule has 0 aromatic carbocycles. The first-order valence-corrected chi connectivity index (χ1v) is 4.94. The normalized spacial score (nSPS) is 11.0. The predicted octanol–water partition coefficient (Wildman–Crippen LogP) is -0.0894. The summed E-state index contributed by atoms with van der Waals surface area (Å²) in [6.45, 7) is 5.69. The van der Waals surface area contributed by atoms with Crippen LogP contribution in [0.15, 0.2) is 12.7 Å². The summed E-state index contributed by atoms with van der Waals surface area (Å²) in [5.41, 5.74) is 0. The van der Waals surface area contributed by atoms with Crippen molar-refractivity contribution in [1.82, 2.24) is 0 Å². The van der Waals surface area contributed by atoms with Gasteiger partial charge in [-0.2, -0.15) is 0 Å². The van der Waals surface area contributed by atoms with Gasteiger partial charge in [0.25, 0.3) is 0 Å². The van der Waals surface area contributed by atoms with Gasteiger partial charge in [-0.05, 0) is 6.92 Å². The fraction of sp³-hybridized carbons (Fsp3) is 0.667. The minimum absolute atomic E-state index is 0.0289. The topological polar surface area (TPSA) is 85.2 Å². The van der Waals surface area contributed by atoms with Gasteiger partial charge in [0.15, 0.2) is 6.29 Å². The van der Waals surface area contributed by atoms with E-state index in [1.54, 1.807) is 6.92 Å². The van der Waals surface area contributed by atoms with Crippen molar-refractivity contribution in [3.8, 4) is 0 Å². The van der Waals surface area contributed by atoms with Crippen LogP contribution in [0.5, 0.6) is 0 Å². The Morgan fingerprint density at radius 2 is 2.25 bits per heavy atom. The molecule has 1 unspecified atom stereocenters. The Morgan fingerprint density at radius 1 is 1.62 bits per heavy atom. The van der Waals surface area contributed by atoms with E-state index < -0.39 is 12.3 Å². The van der Waals surface area contributed by atoms with Crippen molar-refractivity contribution in [2.24, 2.45) is 0 Å². The zero-order valence-electron chi connectivity index (χ0n) is 9.16. The van der Waals surface area contributed by atoms with Crippen molar-refractivity contribution in [1.29, 1.82) is 0 Å². The average Bonchev–Trinajstić information content (AvgIpc) is 2.29. The zero-order chi connectivity index (χ0) is 12.8. The Kier molecular flexibility index (Phi) is 16.0. The van der Waals surface area contributed by atoms with Crippen LogP contribution in [-0.4, -0.2) is 48.9 Å². The molecule has 2 N–H and O–H groups in total. The minimum atomic E-state index is -0.864. The molecule has 0 radical (unpaired) electrons. The predicted molar refractivity (Wildman–Crippen MR) is 60.8 cm³/mol.